The van der Waals surface area contributed by atoms with E-state index in [0.717, 1.165) is 5.69 Å². The maximum Gasteiger partial charge on any atom is 0.228 e. The van der Waals surface area contributed by atoms with Crippen molar-refractivity contribution < 1.29 is 29.5 Å². The van der Waals surface area contributed by atoms with E-state index in [0.29, 0.717) is 17.3 Å². The Hall–Kier alpha value is -1.06. The fraction of sp³-hybridized carbons (Fsp3) is 0.533. The SMILES string of the molecule is CNC(=S)Nc1ccc(OC2OC(CCP(O)O)CC(O)C2O)cc1. The molecule has 0 radical (unpaired) electrons. The number of thiocarbonyl (C=S) groups is 1. The van der Waals surface area contributed by atoms with Crippen molar-refractivity contribution in [1.82, 2.24) is 5.32 Å². The zero-order chi connectivity index (χ0) is 18.4. The van der Waals surface area contributed by atoms with Gasteiger partial charge in [-0.05, 0) is 42.9 Å². The van der Waals surface area contributed by atoms with E-state index in [1.807, 2.05) is 0 Å². The van der Waals surface area contributed by atoms with E-state index in [1.54, 1.807) is 31.3 Å². The molecule has 1 heterocycles. The Morgan fingerprint density at radius 1 is 1.32 bits per heavy atom. The van der Waals surface area contributed by atoms with E-state index in [-0.39, 0.29) is 12.6 Å². The van der Waals surface area contributed by atoms with Gasteiger partial charge in [-0.15, -0.1) is 0 Å². The molecule has 4 atom stereocenters. The van der Waals surface area contributed by atoms with Crippen LogP contribution in [0.3, 0.4) is 0 Å². The summed E-state index contributed by atoms with van der Waals surface area (Å²) in [7, 11) is -0.298. The molecule has 0 spiro atoms. The molecule has 0 aliphatic carbocycles. The van der Waals surface area contributed by atoms with Crippen LogP contribution >= 0.6 is 20.6 Å². The first kappa shape index (κ1) is 20.3. The van der Waals surface area contributed by atoms with Gasteiger partial charge in [0, 0.05) is 25.3 Å². The first-order chi connectivity index (χ1) is 11.9. The van der Waals surface area contributed by atoms with Gasteiger partial charge in [-0.1, -0.05) is 0 Å². The van der Waals surface area contributed by atoms with Crippen molar-refractivity contribution in [2.45, 2.75) is 37.4 Å². The summed E-state index contributed by atoms with van der Waals surface area (Å²) in [6.07, 6.45) is -2.86. The maximum atomic E-state index is 10.1. The Bertz CT molecular complexity index is 561. The molecule has 0 aromatic heterocycles. The van der Waals surface area contributed by atoms with Crippen LogP contribution in [0.15, 0.2) is 24.3 Å². The third kappa shape index (κ3) is 6.31. The van der Waals surface area contributed by atoms with Gasteiger partial charge in [0.2, 0.25) is 6.29 Å². The van der Waals surface area contributed by atoms with Crippen LogP contribution in [-0.4, -0.2) is 62.9 Å². The second-order valence-corrected chi connectivity index (χ2v) is 7.25. The van der Waals surface area contributed by atoms with E-state index in [1.165, 1.54) is 0 Å². The number of aliphatic hydroxyl groups is 2. The smallest absolute Gasteiger partial charge is 0.228 e. The van der Waals surface area contributed by atoms with Crippen molar-refractivity contribution in [3.05, 3.63) is 24.3 Å². The number of nitrogens with one attached hydrogen (secondary N) is 2. The minimum Gasteiger partial charge on any atom is -0.462 e. The van der Waals surface area contributed by atoms with Gasteiger partial charge >= 0.3 is 0 Å². The van der Waals surface area contributed by atoms with E-state index in [9.17, 15) is 10.2 Å². The van der Waals surface area contributed by atoms with Gasteiger partial charge in [-0.25, -0.2) is 0 Å². The molecule has 2 rings (SSSR count). The largest absolute Gasteiger partial charge is 0.462 e. The highest BCUT2D eigenvalue weighted by Gasteiger charge is 2.38. The Morgan fingerprint density at radius 2 is 2.00 bits per heavy atom. The maximum absolute atomic E-state index is 10.1. The van der Waals surface area contributed by atoms with Crippen molar-refractivity contribution in [1.29, 1.82) is 0 Å². The summed E-state index contributed by atoms with van der Waals surface area (Å²) in [5.41, 5.74) is 0.772. The van der Waals surface area contributed by atoms with Gasteiger partial charge in [0.1, 0.15) is 11.9 Å². The molecule has 10 heteroatoms. The van der Waals surface area contributed by atoms with Gasteiger partial charge in [0.05, 0.1) is 12.2 Å². The normalized spacial score (nSPS) is 26.3. The van der Waals surface area contributed by atoms with E-state index in [2.05, 4.69) is 10.6 Å². The molecular weight excluding hydrogens is 367 g/mol. The fourth-order valence-corrected chi connectivity index (χ4v) is 3.04. The number of benzene rings is 1. The number of hydrogen-bond acceptors (Lipinski definition) is 7. The van der Waals surface area contributed by atoms with Crippen molar-refractivity contribution in [3.8, 4) is 5.75 Å². The summed E-state index contributed by atoms with van der Waals surface area (Å²) in [5.74, 6) is 0.462. The lowest BCUT2D eigenvalue weighted by molar-refractivity contribution is -0.235. The Labute approximate surface area is 152 Å². The summed E-state index contributed by atoms with van der Waals surface area (Å²) in [6, 6.07) is 6.89. The summed E-state index contributed by atoms with van der Waals surface area (Å²) >= 11 is 5.02. The van der Waals surface area contributed by atoms with Crippen LogP contribution in [0.2, 0.25) is 0 Å². The fourth-order valence-electron chi connectivity index (χ4n) is 2.40. The average molecular weight is 390 g/mol. The van der Waals surface area contributed by atoms with Crippen LogP contribution in [0.4, 0.5) is 5.69 Å². The number of ether oxygens (including phenoxy) is 2. The van der Waals surface area contributed by atoms with Crippen molar-refractivity contribution in [3.63, 3.8) is 0 Å². The molecule has 0 saturated carbocycles. The molecular formula is C15H23N2O6PS. The van der Waals surface area contributed by atoms with Crippen molar-refractivity contribution in [2.75, 3.05) is 18.5 Å². The molecule has 1 aromatic carbocycles. The molecule has 1 fully saturated rings. The lowest BCUT2D eigenvalue weighted by Gasteiger charge is -2.37. The second-order valence-electron chi connectivity index (χ2n) is 5.65. The van der Waals surface area contributed by atoms with Gasteiger partial charge < -0.3 is 40.1 Å². The molecule has 25 heavy (non-hydrogen) atoms. The predicted molar refractivity (Wildman–Crippen MR) is 98.5 cm³/mol. The quantitative estimate of drug-likeness (QED) is 0.304. The molecule has 1 saturated heterocycles. The first-order valence-electron chi connectivity index (χ1n) is 7.81. The van der Waals surface area contributed by atoms with Crippen LogP contribution in [0, 0.1) is 0 Å². The number of rotatable bonds is 6. The van der Waals surface area contributed by atoms with Gasteiger partial charge in [0.25, 0.3) is 0 Å². The van der Waals surface area contributed by atoms with E-state index >= 15 is 0 Å². The molecule has 1 aromatic rings. The number of aliphatic hydroxyl groups excluding tert-OH is 2. The topological polar surface area (TPSA) is 123 Å². The first-order valence-corrected chi connectivity index (χ1v) is 9.65. The number of hydrogen-bond donors (Lipinski definition) is 6. The van der Waals surface area contributed by atoms with Crippen LogP contribution in [0.25, 0.3) is 0 Å². The van der Waals surface area contributed by atoms with Crippen LogP contribution in [-0.2, 0) is 4.74 Å². The van der Waals surface area contributed by atoms with E-state index < -0.39 is 33.0 Å². The highest BCUT2D eigenvalue weighted by Crippen LogP contribution is 2.30. The van der Waals surface area contributed by atoms with Gasteiger partial charge in [0.15, 0.2) is 13.5 Å². The lowest BCUT2D eigenvalue weighted by atomic mass is 10.0. The Kier molecular flexibility index (Phi) is 7.77. The minimum absolute atomic E-state index is 0.182. The zero-order valence-corrected chi connectivity index (χ0v) is 15.4. The van der Waals surface area contributed by atoms with Crippen molar-refractivity contribution >= 4 is 31.4 Å². The van der Waals surface area contributed by atoms with Crippen LogP contribution in [0.5, 0.6) is 5.75 Å². The summed E-state index contributed by atoms with van der Waals surface area (Å²) in [4.78, 5) is 18.0. The summed E-state index contributed by atoms with van der Waals surface area (Å²) in [5, 5.41) is 26.3. The van der Waals surface area contributed by atoms with Crippen LogP contribution in [0.1, 0.15) is 12.8 Å². The molecule has 140 valence electrons. The van der Waals surface area contributed by atoms with Gasteiger partial charge in [-0.2, -0.15) is 0 Å². The highest BCUT2D eigenvalue weighted by atomic mass is 32.1. The minimum atomic E-state index is -2.01. The number of anilines is 1. The molecule has 0 amide bonds. The summed E-state index contributed by atoms with van der Waals surface area (Å²) in [6.45, 7) is 0. The lowest BCUT2D eigenvalue weighted by Crippen LogP contribution is -2.51. The molecule has 6 N–H and O–H groups in total. The molecule has 4 unspecified atom stereocenters. The van der Waals surface area contributed by atoms with Gasteiger partial charge in [-0.3, -0.25) is 0 Å². The molecule has 1 aliphatic heterocycles. The summed E-state index contributed by atoms with van der Waals surface area (Å²) < 4.78 is 11.3. The molecule has 8 nitrogen and oxygen atoms in total. The standard InChI is InChI=1S/C15H23N2O6PS/c1-16-15(25)17-9-2-4-10(5-3-9)22-14-13(19)12(18)8-11(23-14)6-7-24(20)21/h2-5,11-14,18-21H,6-8H2,1H3,(H2,16,17,25). The van der Waals surface area contributed by atoms with Crippen molar-refractivity contribution in [2.24, 2.45) is 0 Å². The van der Waals surface area contributed by atoms with E-state index in [4.69, 9.17) is 31.5 Å². The molecule has 1 aliphatic rings. The predicted octanol–water partition coefficient (Wildman–Crippen LogP) is 0.505. The zero-order valence-electron chi connectivity index (χ0n) is 13.7. The highest BCUT2D eigenvalue weighted by molar-refractivity contribution is 7.80. The third-order valence-corrected chi connectivity index (χ3v) is 4.71. The second kappa shape index (κ2) is 9.59. The van der Waals surface area contributed by atoms with Crippen LogP contribution < -0.4 is 15.4 Å². The monoisotopic (exact) mass is 390 g/mol. The average Bonchev–Trinajstić information content (AvgIpc) is 2.58. The Balaban J connectivity index is 1.95. The Morgan fingerprint density at radius 3 is 2.60 bits per heavy atom. The third-order valence-electron chi connectivity index (χ3n) is 3.75. The molecule has 0 bridgehead atoms.